The van der Waals surface area contributed by atoms with Crippen LogP contribution in [0.5, 0.6) is 0 Å². The number of hydrogen-bond donors (Lipinski definition) is 0. The van der Waals surface area contributed by atoms with Crippen LogP contribution in [0.4, 0.5) is 0 Å². The van der Waals surface area contributed by atoms with E-state index in [1.807, 2.05) is 0 Å². The van der Waals surface area contributed by atoms with Gasteiger partial charge in [-0.25, -0.2) is 5.57 Å². The molecule has 0 heterocycles. The Hall–Kier alpha value is -1.31. The van der Waals surface area contributed by atoms with Crippen LogP contribution >= 0.6 is 24.8 Å². The molecule has 1 aliphatic rings. The molecular formula is C31H36Cl2SiZr-4. The van der Waals surface area contributed by atoms with Gasteiger partial charge < -0.3 is 14.9 Å². The molecule has 2 radical (unpaired) electrons. The first-order chi connectivity index (χ1) is 15.0. The zero-order valence-electron chi connectivity index (χ0n) is 21.8. The summed E-state index contributed by atoms with van der Waals surface area (Å²) >= 11 is 1.36. The number of aryl methyl sites for hydroxylation is 1. The van der Waals surface area contributed by atoms with Gasteiger partial charge in [-0.1, -0.05) is 87.7 Å². The minimum absolute atomic E-state index is 0. The molecule has 4 aromatic rings. The summed E-state index contributed by atoms with van der Waals surface area (Å²) in [5.41, 5.74) is 8.27. The van der Waals surface area contributed by atoms with Crippen molar-refractivity contribution in [2.45, 2.75) is 34.6 Å². The van der Waals surface area contributed by atoms with E-state index in [0.717, 1.165) is 0 Å². The summed E-state index contributed by atoms with van der Waals surface area (Å²) in [4.78, 5) is 0. The van der Waals surface area contributed by atoms with Crippen molar-refractivity contribution >= 4 is 53.2 Å². The van der Waals surface area contributed by atoms with Crippen LogP contribution in [0.25, 0.3) is 32.7 Å². The summed E-state index contributed by atoms with van der Waals surface area (Å²) < 4.78 is 0. The summed E-state index contributed by atoms with van der Waals surface area (Å²) in [6.45, 7) is 13.9. The van der Waals surface area contributed by atoms with Crippen molar-refractivity contribution in [3.63, 3.8) is 0 Å². The third kappa shape index (κ3) is 8.09. The van der Waals surface area contributed by atoms with E-state index < -0.39 is 0 Å². The van der Waals surface area contributed by atoms with E-state index in [-0.39, 0.29) is 39.7 Å². The Morgan fingerprint density at radius 3 is 1.91 bits per heavy atom. The van der Waals surface area contributed by atoms with Crippen LogP contribution in [0.2, 0.25) is 0 Å². The molecule has 0 saturated carbocycles. The molecule has 0 aromatic heterocycles. The first kappa shape index (κ1) is 35.8. The molecule has 4 aromatic carbocycles. The molecule has 186 valence electrons. The molecule has 0 bridgehead atoms. The fourth-order valence-electron chi connectivity index (χ4n) is 4.26. The van der Waals surface area contributed by atoms with Crippen molar-refractivity contribution in [2.75, 3.05) is 0 Å². The monoisotopic (exact) mass is 596 g/mol. The molecule has 0 spiro atoms. The molecule has 0 nitrogen and oxygen atoms in total. The fourth-order valence-corrected chi connectivity index (χ4v) is 4.26. The summed E-state index contributed by atoms with van der Waals surface area (Å²) in [6.07, 6.45) is 3.36. The van der Waals surface area contributed by atoms with E-state index in [4.69, 9.17) is 0 Å². The maximum absolute atomic E-state index is 3.36. The summed E-state index contributed by atoms with van der Waals surface area (Å²) in [5, 5.41) is 5.27. The number of rotatable bonds is 1. The predicted octanol–water partition coefficient (Wildman–Crippen LogP) is 9.77. The summed E-state index contributed by atoms with van der Waals surface area (Å²) in [6, 6.07) is 26.2. The molecule has 0 N–H and O–H groups in total. The van der Waals surface area contributed by atoms with E-state index in [1.54, 1.807) is 0 Å². The van der Waals surface area contributed by atoms with Crippen molar-refractivity contribution in [3.05, 3.63) is 116 Å². The molecule has 0 aliphatic heterocycles. The van der Waals surface area contributed by atoms with Crippen molar-refractivity contribution < 1.29 is 23.3 Å². The number of fused-ring (bicyclic) bond motifs is 2. The van der Waals surface area contributed by atoms with Crippen LogP contribution in [0.3, 0.4) is 0 Å². The average molecular weight is 599 g/mol. The van der Waals surface area contributed by atoms with Gasteiger partial charge in [-0.05, 0) is 10.8 Å². The van der Waals surface area contributed by atoms with Gasteiger partial charge in [0.15, 0.2) is 0 Å². The number of hydrogen-bond acceptors (Lipinski definition) is 0. The molecular weight excluding hydrogens is 563 g/mol. The quantitative estimate of drug-likeness (QED) is 0.151. The second-order valence-electron chi connectivity index (χ2n) is 8.15. The number of benzene rings is 3. The first-order valence-electron chi connectivity index (χ1n) is 10.6. The molecule has 0 saturated heterocycles. The Morgan fingerprint density at radius 1 is 0.800 bits per heavy atom. The van der Waals surface area contributed by atoms with E-state index in [1.165, 1.54) is 78.3 Å². The van der Waals surface area contributed by atoms with Crippen LogP contribution in [0, 0.1) is 33.8 Å². The van der Waals surface area contributed by atoms with E-state index in [2.05, 4.69) is 120 Å². The molecule has 5 rings (SSSR count). The van der Waals surface area contributed by atoms with Gasteiger partial charge in [0.1, 0.15) is 0 Å². The molecule has 4 heteroatoms. The standard InChI is InChI=1S/C20H15.C9H13.2CH3.2ClH.Si.Zr/c1-14-12-17-8-4-5-9-19(17)20(14)18-11-10-15-6-2-3-7-16(15)13-18;1-6-5-7(2)9(4)8(6)3;;;;;;/h2-13H,1H3;6H,1-4H3;2*1H3;2*1H;;/q4*-1;;;;. The molecule has 35 heavy (non-hydrogen) atoms. The number of allylic oxidation sites excluding steroid dienone is 4. The van der Waals surface area contributed by atoms with Gasteiger partial charge in [-0.3, -0.25) is 6.08 Å². The van der Waals surface area contributed by atoms with Crippen LogP contribution in [0.1, 0.15) is 33.3 Å². The molecule has 1 atom stereocenters. The second-order valence-corrected chi connectivity index (χ2v) is 8.15. The van der Waals surface area contributed by atoms with Crippen LogP contribution in [-0.4, -0.2) is 6.88 Å². The second kappa shape index (κ2) is 16.4. The van der Waals surface area contributed by atoms with Crippen molar-refractivity contribution in [2.24, 2.45) is 5.92 Å². The van der Waals surface area contributed by atoms with Gasteiger partial charge in [0.25, 0.3) is 0 Å². The molecule has 1 unspecified atom stereocenters. The first-order valence-corrected chi connectivity index (χ1v) is 14.8. The van der Waals surface area contributed by atoms with Gasteiger partial charge in [-0.15, -0.1) is 77.9 Å². The van der Waals surface area contributed by atoms with Crippen molar-refractivity contribution in [1.82, 2.24) is 0 Å². The Balaban J connectivity index is 0. The van der Waals surface area contributed by atoms with E-state index >= 15 is 0 Å². The number of halogens is 2. The van der Waals surface area contributed by atoms with Crippen LogP contribution < -0.4 is 0 Å². The van der Waals surface area contributed by atoms with Gasteiger partial charge in [0, 0.05) is 0 Å². The van der Waals surface area contributed by atoms with Gasteiger partial charge >= 0.3 is 30.2 Å². The van der Waals surface area contributed by atoms with E-state index in [0.29, 0.717) is 5.92 Å². The maximum atomic E-state index is 3.36. The SMILES string of the molecule is CC1=[C-]C(C)C(C)=C1C.Cc1[cH-]c2ccccc2c1-c1ccc2ccccc2c1.Cl.Cl.[CH3-].[CH3-].[Si]=[Zr]. The fraction of sp³-hybridized carbons (Fsp3) is 0.194. The zero-order chi connectivity index (χ0) is 22.5. The Labute approximate surface area is 242 Å². The molecule has 0 fully saturated rings. The van der Waals surface area contributed by atoms with Crippen molar-refractivity contribution in [3.8, 4) is 11.1 Å². The van der Waals surface area contributed by atoms with E-state index in [9.17, 15) is 0 Å². The summed E-state index contributed by atoms with van der Waals surface area (Å²) in [5.74, 6) is 0.560. The topological polar surface area (TPSA) is 0 Å². The third-order valence-corrected chi connectivity index (χ3v) is 6.27. The summed E-state index contributed by atoms with van der Waals surface area (Å²) in [7, 11) is 0. The van der Waals surface area contributed by atoms with Gasteiger partial charge in [-0.2, -0.15) is 11.1 Å². The predicted molar refractivity (Wildman–Crippen MR) is 160 cm³/mol. The molecule has 1 aliphatic carbocycles. The molecule has 0 amide bonds. The normalized spacial score (nSPS) is 13.5. The third-order valence-electron chi connectivity index (χ3n) is 6.27. The average Bonchev–Trinajstić information content (AvgIpc) is 3.25. The van der Waals surface area contributed by atoms with Crippen LogP contribution in [-0.2, 0) is 23.3 Å². The zero-order valence-corrected chi connectivity index (χ0v) is 26.9. The van der Waals surface area contributed by atoms with Crippen LogP contribution in [0.15, 0.2) is 89.5 Å². The van der Waals surface area contributed by atoms with Crippen molar-refractivity contribution in [1.29, 1.82) is 0 Å². The Kier molecular flexibility index (Phi) is 16.8. The Bertz CT molecular complexity index is 1280. The Morgan fingerprint density at radius 2 is 1.37 bits per heavy atom. The van der Waals surface area contributed by atoms with Gasteiger partial charge in [0.05, 0.1) is 0 Å². The van der Waals surface area contributed by atoms with Gasteiger partial charge in [0.2, 0.25) is 0 Å². The minimum atomic E-state index is 0.